The lowest BCUT2D eigenvalue weighted by Gasteiger charge is -2.12. The van der Waals surface area contributed by atoms with Crippen LogP contribution in [0.15, 0.2) is 60.7 Å². The second kappa shape index (κ2) is 8.37. The minimum atomic E-state index is -0.0660. The van der Waals surface area contributed by atoms with Crippen LogP contribution in [0.1, 0.15) is 22.5 Å². The Balaban J connectivity index is 1.55. The number of aromatic nitrogens is 3. The normalized spacial score (nSPS) is 10.9. The van der Waals surface area contributed by atoms with Gasteiger partial charge in [0.15, 0.2) is 5.65 Å². The minimum absolute atomic E-state index is 0.0660. The zero-order valence-electron chi connectivity index (χ0n) is 17.3. The summed E-state index contributed by atoms with van der Waals surface area (Å²) in [7, 11) is 1.63. The van der Waals surface area contributed by atoms with Crippen LogP contribution in [-0.2, 0) is 17.8 Å². The molecule has 1 N–H and O–H groups in total. The van der Waals surface area contributed by atoms with E-state index in [0.29, 0.717) is 6.54 Å². The van der Waals surface area contributed by atoms with E-state index in [0.717, 1.165) is 45.2 Å². The van der Waals surface area contributed by atoms with Crippen LogP contribution in [0.25, 0.3) is 16.9 Å². The third-order valence-corrected chi connectivity index (χ3v) is 5.24. The van der Waals surface area contributed by atoms with Gasteiger partial charge in [-0.3, -0.25) is 4.79 Å². The minimum Gasteiger partial charge on any atom is -0.496 e. The van der Waals surface area contributed by atoms with Crippen LogP contribution >= 0.6 is 0 Å². The molecule has 0 bridgehead atoms. The van der Waals surface area contributed by atoms with Crippen molar-refractivity contribution in [1.29, 1.82) is 0 Å². The molecule has 4 aromatic rings. The zero-order valence-corrected chi connectivity index (χ0v) is 17.3. The van der Waals surface area contributed by atoms with Crippen LogP contribution in [0.2, 0.25) is 0 Å². The fraction of sp³-hybridized carbons (Fsp3) is 0.208. The first-order chi connectivity index (χ1) is 14.6. The molecule has 6 heteroatoms. The van der Waals surface area contributed by atoms with Crippen molar-refractivity contribution in [2.24, 2.45) is 0 Å². The average molecular weight is 400 g/mol. The largest absolute Gasteiger partial charge is 0.496 e. The van der Waals surface area contributed by atoms with Crippen LogP contribution in [0.5, 0.6) is 5.75 Å². The highest BCUT2D eigenvalue weighted by molar-refractivity contribution is 5.79. The summed E-state index contributed by atoms with van der Waals surface area (Å²) in [5.74, 6) is 0.696. The van der Waals surface area contributed by atoms with E-state index < -0.39 is 0 Å². The Hall–Kier alpha value is -3.67. The smallest absolute Gasteiger partial charge is 0.224 e. The molecule has 2 aromatic heterocycles. The van der Waals surface area contributed by atoms with E-state index >= 15 is 0 Å². The quantitative estimate of drug-likeness (QED) is 0.533. The fourth-order valence-electron chi connectivity index (χ4n) is 3.60. The molecule has 2 aromatic carbocycles. The van der Waals surface area contributed by atoms with Gasteiger partial charge in [0.2, 0.25) is 5.91 Å². The van der Waals surface area contributed by atoms with Gasteiger partial charge in [-0.15, -0.1) is 0 Å². The van der Waals surface area contributed by atoms with Gasteiger partial charge < -0.3 is 10.1 Å². The first-order valence-electron chi connectivity index (χ1n) is 9.86. The van der Waals surface area contributed by atoms with Crippen molar-refractivity contribution in [2.75, 3.05) is 7.11 Å². The number of para-hydroxylation sites is 1. The third-order valence-electron chi connectivity index (χ3n) is 5.24. The van der Waals surface area contributed by atoms with Crippen LogP contribution in [-0.4, -0.2) is 27.6 Å². The lowest BCUT2D eigenvalue weighted by molar-refractivity contribution is -0.120. The number of aryl methyl sites for hydroxylation is 2. The summed E-state index contributed by atoms with van der Waals surface area (Å²) in [6.45, 7) is 4.33. The van der Waals surface area contributed by atoms with Crippen LogP contribution in [0, 0.1) is 13.8 Å². The van der Waals surface area contributed by atoms with Crippen LogP contribution < -0.4 is 10.1 Å². The van der Waals surface area contributed by atoms with E-state index in [2.05, 4.69) is 10.3 Å². The van der Waals surface area contributed by atoms with Crippen molar-refractivity contribution in [3.8, 4) is 17.0 Å². The number of hydrogen-bond donors (Lipinski definition) is 1. The Bertz CT molecular complexity index is 1200. The highest BCUT2D eigenvalue weighted by Crippen LogP contribution is 2.22. The topological polar surface area (TPSA) is 68.5 Å². The molecule has 30 heavy (non-hydrogen) atoms. The first-order valence-corrected chi connectivity index (χ1v) is 9.86. The summed E-state index contributed by atoms with van der Waals surface area (Å²) in [4.78, 5) is 17.3. The van der Waals surface area contributed by atoms with E-state index in [-0.39, 0.29) is 12.3 Å². The number of fused-ring (bicyclic) bond motifs is 1. The van der Waals surface area contributed by atoms with E-state index in [1.807, 2.05) is 79.0 Å². The van der Waals surface area contributed by atoms with Gasteiger partial charge >= 0.3 is 0 Å². The molecular weight excluding hydrogens is 376 g/mol. The van der Waals surface area contributed by atoms with E-state index in [9.17, 15) is 4.79 Å². The Kier molecular flexibility index (Phi) is 5.48. The second-order valence-corrected chi connectivity index (χ2v) is 7.19. The standard InChI is InChI=1S/C24H24N4O2/c1-16-20(13-24(29)25-15-19-11-7-8-12-22(19)30-3)17(2)28-23(26-16)14-21(27-28)18-9-5-4-6-10-18/h4-12,14H,13,15H2,1-3H3,(H,25,29). The molecule has 0 spiro atoms. The Morgan fingerprint density at radius 2 is 1.80 bits per heavy atom. The van der Waals surface area contributed by atoms with Gasteiger partial charge in [0.25, 0.3) is 0 Å². The van der Waals surface area contributed by atoms with Crippen molar-refractivity contribution in [3.05, 3.63) is 83.2 Å². The molecule has 6 nitrogen and oxygen atoms in total. The summed E-state index contributed by atoms with van der Waals surface area (Å²) >= 11 is 0. The molecular formula is C24H24N4O2. The average Bonchev–Trinajstić information content (AvgIpc) is 3.20. The molecule has 0 saturated heterocycles. The number of ether oxygens (including phenoxy) is 1. The van der Waals surface area contributed by atoms with Crippen molar-refractivity contribution in [3.63, 3.8) is 0 Å². The lowest BCUT2D eigenvalue weighted by atomic mass is 10.1. The van der Waals surface area contributed by atoms with Gasteiger partial charge in [0.1, 0.15) is 5.75 Å². The van der Waals surface area contributed by atoms with Crippen molar-refractivity contribution in [1.82, 2.24) is 19.9 Å². The molecule has 0 radical (unpaired) electrons. The number of amides is 1. The van der Waals surface area contributed by atoms with Gasteiger partial charge in [-0.1, -0.05) is 48.5 Å². The summed E-state index contributed by atoms with van der Waals surface area (Å²) in [6.07, 6.45) is 0.246. The van der Waals surface area contributed by atoms with Crippen LogP contribution in [0.4, 0.5) is 0 Å². The molecule has 0 fully saturated rings. The number of rotatable bonds is 6. The predicted molar refractivity (Wildman–Crippen MR) is 116 cm³/mol. The first kappa shape index (κ1) is 19.6. The Morgan fingerprint density at radius 3 is 2.57 bits per heavy atom. The molecule has 4 rings (SSSR count). The van der Waals surface area contributed by atoms with Gasteiger partial charge in [0, 0.05) is 40.7 Å². The van der Waals surface area contributed by atoms with Crippen LogP contribution in [0.3, 0.4) is 0 Å². The van der Waals surface area contributed by atoms with Gasteiger partial charge in [-0.2, -0.15) is 5.10 Å². The van der Waals surface area contributed by atoms with E-state index in [4.69, 9.17) is 9.84 Å². The molecule has 0 aliphatic carbocycles. The van der Waals surface area contributed by atoms with E-state index in [1.165, 1.54) is 0 Å². The van der Waals surface area contributed by atoms with Gasteiger partial charge in [0.05, 0.1) is 19.2 Å². The third kappa shape index (κ3) is 3.89. The number of carbonyl (C=O) groups excluding carboxylic acids is 1. The number of methoxy groups -OCH3 is 1. The van der Waals surface area contributed by atoms with Gasteiger partial charge in [-0.05, 0) is 19.9 Å². The maximum absolute atomic E-state index is 12.6. The second-order valence-electron chi connectivity index (χ2n) is 7.19. The lowest BCUT2D eigenvalue weighted by Crippen LogP contribution is -2.26. The van der Waals surface area contributed by atoms with Crippen molar-refractivity contribution in [2.45, 2.75) is 26.8 Å². The number of nitrogens with one attached hydrogen (secondary N) is 1. The molecule has 0 saturated carbocycles. The molecule has 2 heterocycles. The monoisotopic (exact) mass is 400 g/mol. The summed E-state index contributed by atoms with van der Waals surface area (Å²) in [6, 6.07) is 19.6. The Labute approximate surface area is 175 Å². The highest BCUT2D eigenvalue weighted by atomic mass is 16.5. The molecule has 0 unspecified atom stereocenters. The summed E-state index contributed by atoms with van der Waals surface area (Å²) in [5.41, 5.74) is 6.28. The maximum atomic E-state index is 12.6. The predicted octanol–water partition coefficient (Wildman–Crippen LogP) is 3.88. The molecule has 0 atom stereocenters. The maximum Gasteiger partial charge on any atom is 0.224 e. The molecule has 0 aliphatic rings. The number of carbonyl (C=O) groups is 1. The highest BCUT2D eigenvalue weighted by Gasteiger charge is 2.16. The van der Waals surface area contributed by atoms with Gasteiger partial charge in [-0.25, -0.2) is 9.50 Å². The molecule has 0 aliphatic heterocycles. The summed E-state index contributed by atoms with van der Waals surface area (Å²) < 4.78 is 7.17. The zero-order chi connectivity index (χ0) is 21.1. The molecule has 1 amide bonds. The number of nitrogens with zero attached hydrogens (tertiary/aromatic N) is 3. The van der Waals surface area contributed by atoms with E-state index in [1.54, 1.807) is 7.11 Å². The fourth-order valence-corrected chi connectivity index (χ4v) is 3.60. The summed E-state index contributed by atoms with van der Waals surface area (Å²) in [5, 5.41) is 7.69. The number of benzene rings is 2. The van der Waals surface area contributed by atoms with Crippen molar-refractivity contribution >= 4 is 11.6 Å². The Morgan fingerprint density at radius 1 is 1.07 bits per heavy atom. The molecule has 152 valence electrons. The number of hydrogen-bond acceptors (Lipinski definition) is 4. The van der Waals surface area contributed by atoms with Crippen molar-refractivity contribution < 1.29 is 9.53 Å². The SMILES string of the molecule is COc1ccccc1CNC(=O)Cc1c(C)nc2cc(-c3ccccc3)nn2c1C.